The minimum Gasteiger partial charge on any atom is -0.460 e. The fourth-order valence-electron chi connectivity index (χ4n) is 4.20. The Hall–Kier alpha value is -4.61. The van der Waals surface area contributed by atoms with Gasteiger partial charge in [-0.2, -0.15) is 0 Å². The van der Waals surface area contributed by atoms with Gasteiger partial charge < -0.3 is 18.6 Å². The smallest absolute Gasteiger partial charge is 0.379 e. The largest absolute Gasteiger partial charge is 0.460 e. The molecule has 40 heavy (non-hydrogen) atoms. The lowest BCUT2D eigenvalue weighted by molar-refractivity contribution is -0.140. The molecule has 1 atom stereocenters. The van der Waals surface area contributed by atoms with E-state index >= 15 is 0 Å². The highest BCUT2D eigenvalue weighted by molar-refractivity contribution is 7.07. The number of ether oxygens (including phenoxy) is 3. The van der Waals surface area contributed by atoms with Crippen molar-refractivity contribution in [1.29, 1.82) is 0 Å². The highest BCUT2D eigenvalue weighted by Gasteiger charge is 2.33. The topological polar surface area (TPSA) is 109 Å². The Bertz CT molecular complexity index is 1770. The van der Waals surface area contributed by atoms with Crippen LogP contribution in [0.15, 0.2) is 92.4 Å². The molecule has 0 saturated heterocycles. The Morgan fingerprint density at radius 2 is 1.85 bits per heavy atom. The number of furan rings is 1. The van der Waals surface area contributed by atoms with Gasteiger partial charge in [-0.3, -0.25) is 9.36 Å². The number of aromatic nitrogens is 1. The summed E-state index contributed by atoms with van der Waals surface area (Å²) in [5.41, 5.74) is 0.895. The van der Waals surface area contributed by atoms with Crippen LogP contribution < -0.4 is 19.6 Å². The number of halogens is 1. The Morgan fingerprint density at radius 3 is 2.55 bits per heavy atom. The van der Waals surface area contributed by atoms with E-state index in [0.717, 1.165) is 11.3 Å². The normalized spacial score (nSPS) is 15.0. The third-order valence-electron chi connectivity index (χ3n) is 6.08. The fourth-order valence-corrected chi connectivity index (χ4v) is 5.23. The number of carbonyl (C=O) groups excluding carboxylic acids is 2. The molecule has 4 aromatic rings. The van der Waals surface area contributed by atoms with Crippen molar-refractivity contribution < 1.29 is 32.6 Å². The molecule has 0 fully saturated rings. The first-order chi connectivity index (χ1) is 19.4. The van der Waals surface area contributed by atoms with Gasteiger partial charge in [0.05, 0.1) is 34.7 Å². The van der Waals surface area contributed by atoms with Crippen molar-refractivity contribution in [3.63, 3.8) is 0 Å². The van der Waals surface area contributed by atoms with Gasteiger partial charge in [0.1, 0.15) is 18.2 Å². The molecule has 0 saturated carbocycles. The van der Waals surface area contributed by atoms with Crippen LogP contribution in [0.1, 0.15) is 34.6 Å². The molecule has 5 rings (SSSR count). The summed E-state index contributed by atoms with van der Waals surface area (Å²) in [5, 5.41) is 0. The van der Waals surface area contributed by atoms with Crippen LogP contribution >= 0.6 is 11.3 Å². The summed E-state index contributed by atoms with van der Waals surface area (Å²) in [6.45, 7) is 1.87. The average Bonchev–Trinajstić information content (AvgIpc) is 3.59. The minimum absolute atomic E-state index is 0.0121. The van der Waals surface area contributed by atoms with Gasteiger partial charge in [-0.25, -0.2) is 19.0 Å². The van der Waals surface area contributed by atoms with Gasteiger partial charge in [-0.1, -0.05) is 41.7 Å². The lowest BCUT2D eigenvalue weighted by Gasteiger charge is -2.25. The van der Waals surface area contributed by atoms with Crippen molar-refractivity contribution in [3.8, 4) is 5.75 Å². The van der Waals surface area contributed by atoms with Gasteiger partial charge >= 0.3 is 11.9 Å². The van der Waals surface area contributed by atoms with Crippen LogP contribution in [0.3, 0.4) is 0 Å². The fraction of sp³-hybridized carbons (Fsp3) is 0.172. The van der Waals surface area contributed by atoms with Crippen LogP contribution in [-0.2, 0) is 14.3 Å². The molecule has 0 N–H and O–H groups in total. The van der Waals surface area contributed by atoms with Gasteiger partial charge in [0.2, 0.25) is 5.76 Å². The molecule has 0 aliphatic carbocycles. The van der Waals surface area contributed by atoms with E-state index in [-0.39, 0.29) is 40.4 Å². The van der Waals surface area contributed by atoms with Crippen LogP contribution in [-0.4, -0.2) is 36.8 Å². The standard InChI is InChI=1S/C29H23FN2O7S/c1-17-24(28(35)38-15-14-36-2)25(18-9-11-20(12-10-18)39-27(34)22-8-5-13-37-22)32-26(33)23(40-29(32)31-17)16-19-6-3-4-7-21(19)30/h3-13,16,25H,14-15H2,1-2H3/b23-16+. The highest BCUT2D eigenvalue weighted by Crippen LogP contribution is 2.31. The van der Waals surface area contributed by atoms with Crippen LogP contribution in [0, 0.1) is 5.82 Å². The summed E-state index contributed by atoms with van der Waals surface area (Å²) in [4.78, 5) is 44.0. The second-order valence-corrected chi connectivity index (χ2v) is 9.68. The van der Waals surface area contributed by atoms with Gasteiger partial charge in [-0.15, -0.1) is 0 Å². The third-order valence-corrected chi connectivity index (χ3v) is 7.07. The predicted molar refractivity (Wildman–Crippen MR) is 143 cm³/mol. The molecule has 2 aromatic carbocycles. The molecule has 0 spiro atoms. The quantitative estimate of drug-likeness (QED) is 0.184. The van der Waals surface area contributed by atoms with Crippen LogP contribution in [0.2, 0.25) is 0 Å². The molecule has 1 aliphatic rings. The zero-order chi connectivity index (χ0) is 28.2. The summed E-state index contributed by atoms with van der Waals surface area (Å²) >= 11 is 1.09. The molecule has 1 aliphatic heterocycles. The van der Waals surface area contributed by atoms with Crippen molar-refractivity contribution in [1.82, 2.24) is 4.57 Å². The first-order valence-corrected chi connectivity index (χ1v) is 13.0. The van der Waals surface area contributed by atoms with Gasteiger partial charge in [0, 0.05) is 12.7 Å². The van der Waals surface area contributed by atoms with E-state index in [9.17, 15) is 18.8 Å². The van der Waals surface area contributed by atoms with E-state index in [1.165, 1.54) is 36.1 Å². The molecule has 11 heteroatoms. The Morgan fingerprint density at radius 1 is 1.07 bits per heavy atom. The van der Waals surface area contributed by atoms with Crippen molar-refractivity contribution >= 4 is 29.4 Å². The lowest BCUT2D eigenvalue weighted by atomic mass is 9.96. The number of carbonyl (C=O) groups is 2. The molecule has 204 valence electrons. The zero-order valence-electron chi connectivity index (χ0n) is 21.5. The number of rotatable bonds is 8. The number of fused-ring (bicyclic) bond motifs is 1. The van der Waals surface area contributed by atoms with E-state index in [0.29, 0.717) is 16.1 Å². The summed E-state index contributed by atoms with van der Waals surface area (Å²) in [5.74, 6) is -1.51. The zero-order valence-corrected chi connectivity index (χ0v) is 22.3. The average molecular weight is 563 g/mol. The summed E-state index contributed by atoms with van der Waals surface area (Å²) < 4.78 is 36.8. The van der Waals surface area contributed by atoms with E-state index in [4.69, 9.17) is 18.6 Å². The third kappa shape index (κ3) is 5.42. The van der Waals surface area contributed by atoms with Gasteiger partial charge in [0.15, 0.2) is 4.80 Å². The number of hydrogen-bond donors (Lipinski definition) is 0. The maximum atomic E-state index is 14.3. The van der Waals surface area contributed by atoms with E-state index in [1.54, 1.807) is 55.5 Å². The molecular weight excluding hydrogens is 539 g/mol. The first kappa shape index (κ1) is 27.0. The maximum absolute atomic E-state index is 14.3. The number of methoxy groups -OCH3 is 1. The molecule has 0 bridgehead atoms. The number of nitrogens with zero attached hydrogens (tertiary/aromatic N) is 2. The highest BCUT2D eigenvalue weighted by atomic mass is 32.1. The Labute approximate surface area is 231 Å². The molecule has 3 heterocycles. The number of benzene rings is 2. The number of hydrogen-bond acceptors (Lipinski definition) is 9. The maximum Gasteiger partial charge on any atom is 0.379 e. The van der Waals surface area contributed by atoms with E-state index < -0.39 is 29.4 Å². The summed E-state index contributed by atoms with van der Waals surface area (Å²) in [6.07, 6.45) is 2.83. The molecule has 1 unspecified atom stereocenters. The number of allylic oxidation sites excluding steroid dienone is 1. The summed E-state index contributed by atoms with van der Waals surface area (Å²) in [7, 11) is 1.49. The molecule has 0 radical (unpaired) electrons. The lowest BCUT2D eigenvalue weighted by Crippen LogP contribution is -2.40. The first-order valence-electron chi connectivity index (χ1n) is 12.2. The molecule has 9 nitrogen and oxygen atoms in total. The van der Waals surface area contributed by atoms with Crippen molar-refractivity contribution in [2.24, 2.45) is 4.99 Å². The number of thiazole rings is 1. The minimum atomic E-state index is -0.899. The Balaban J connectivity index is 1.58. The second kappa shape index (κ2) is 11.6. The van der Waals surface area contributed by atoms with Crippen LogP contribution in [0.25, 0.3) is 6.08 Å². The van der Waals surface area contributed by atoms with E-state index in [1.807, 2.05) is 0 Å². The van der Waals surface area contributed by atoms with Crippen LogP contribution in [0.5, 0.6) is 5.75 Å². The predicted octanol–water partition coefficient (Wildman–Crippen LogP) is 3.38. The SMILES string of the molecule is COCCOC(=O)C1=C(C)N=c2s/c(=C/c3ccccc3F)c(=O)n2C1c1ccc(OC(=O)c2ccco2)cc1. The molecular formula is C29H23FN2O7S. The van der Waals surface area contributed by atoms with E-state index in [2.05, 4.69) is 4.99 Å². The Kier molecular flexibility index (Phi) is 7.85. The summed E-state index contributed by atoms with van der Waals surface area (Å²) in [6, 6.07) is 14.7. The van der Waals surface area contributed by atoms with Gasteiger partial charge in [0.25, 0.3) is 5.56 Å². The van der Waals surface area contributed by atoms with Crippen molar-refractivity contribution in [3.05, 3.63) is 121 Å². The number of esters is 2. The molecule has 0 amide bonds. The van der Waals surface area contributed by atoms with Crippen molar-refractivity contribution in [2.45, 2.75) is 13.0 Å². The molecule has 2 aromatic heterocycles. The van der Waals surface area contributed by atoms with Crippen molar-refractivity contribution in [2.75, 3.05) is 20.3 Å². The van der Waals surface area contributed by atoms with Gasteiger partial charge in [-0.05, 0) is 48.9 Å². The monoisotopic (exact) mass is 562 g/mol. The second-order valence-electron chi connectivity index (χ2n) is 8.67. The van der Waals surface area contributed by atoms with Crippen LogP contribution in [0.4, 0.5) is 4.39 Å².